The first-order valence-electron chi connectivity index (χ1n) is 9.10. The molecule has 0 spiro atoms. The highest BCUT2D eigenvalue weighted by molar-refractivity contribution is 5.72. The number of carbonyl (C=O) groups is 1. The lowest BCUT2D eigenvalue weighted by Crippen LogP contribution is -2.57. The van der Waals surface area contributed by atoms with Crippen LogP contribution in [0, 0.1) is 11.0 Å². The third kappa shape index (κ3) is 4.32. The van der Waals surface area contributed by atoms with Crippen molar-refractivity contribution >= 4 is 11.8 Å². The van der Waals surface area contributed by atoms with Gasteiger partial charge in [-0.1, -0.05) is 18.2 Å². The van der Waals surface area contributed by atoms with Crippen LogP contribution >= 0.6 is 0 Å². The van der Waals surface area contributed by atoms with Crippen LogP contribution in [0.1, 0.15) is 0 Å². The van der Waals surface area contributed by atoms with Gasteiger partial charge in [-0.05, 0) is 36.4 Å². The van der Waals surface area contributed by atoms with Crippen molar-refractivity contribution in [2.75, 3.05) is 18.3 Å². The number of nitrogens with zero attached hydrogens (tertiary/aromatic N) is 3. The molecular weight excluding hydrogens is 393 g/mol. The van der Waals surface area contributed by atoms with Crippen molar-refractivity contribution in [1.82, 2.24) is 9.88 Å². The molecule has 0 saturated carbocycles. The van der Waals surface area contributed by atoms with Gasteiger partial charge in [0.2, 0.25) is 5.88 Å². The Morgan fingerprint density at radius 1 is 1.13 bits per heavy atom. The highest BCUT2D eigenvalue weighted by Crippen LogP contribution is 2.25. The summed E-state index contributed by atoms with van der Waals surface area (Å²) >= 11 is 0. The zero-order chi connectivity index (χ0) is 21.1. The molecule has 1 amide bonds. The molecule has 30 heavy (non-hydrogen) atoms. The average Bonchev–Trinajstić information content (AvgIpc) is 2.71. The van der Waals surface area contributed by atoms with Gasteiger partial charge in [0.1, 0.15) is 17.7 Å². The van der Waals surface area contributed by atoms with Gasteiger partial charge in [-0.25, -0.2) is 14.2 Å². The second-order valence-corrected chi connectivity index (χ2v) is 6.64. The molecule has 154 valence electrons. The summed E-state index contributed by atoms with van der Waals surface area (Å²) in [4.78, 5) is 17.8. The van der Waals surface area contributed by atoms with Crippen LogP contribution in [0.3, 0.4) is 0 Å². The van der Waals surface area contributed by atoms with Crippen LogP contribution in [-0.2, 0) is 0 Å². The first-order valence-corrected chi connectivity index (χ1v) is 9.10. The lowest BCUT2D eigenvalue weighted by molar-refractivity contribution is 0.0259. The van der Waals surface area contributed by atoms with Gasteiger partial charge in [0.05, 0.1) is 18.8 Å². The standard InChI is InChI=1S/C21H17FN3O5/c22-19-4-2-1-3-18(19)14-5-10-20(23-11-14)29-17-12-24(13-17)21(26)30-16-8-6-15(7-9-16)25(27)28/h1-11,17,27H,12-13H2/q-1. The lowest BCUT2D eigenvalue weighted by atomic mass is 10.1. The van der Waals surface area contributed by atoms with Crippen LogP contribution in [-0.4, -0.2) is 40.4 Å². The van der Waals surface area contributed by atoms with Crippen LogP contribution < -0.4 is 14.7 Å². The number of hydrogen-bond acceptors (Lipinski definition) is 7. The van der Waals surface area contributed by atoms with Crippen LogP contribution in [0.2, 0.25) is 0 Å². The number of halogens is 1. The smallest absolute Gasteiger partial charge is 0.415 e. The number of hydrogen-bond donors (Lipinski definition) is 1. The van der Waals surface area contributed by atoms with E-state index in [-0.39, 0.29) is 28.6 Å². The Hall–Kier alpha value is -3.69. The topological polar surface area (TPSA) is 98.2 Å². The minimum atomic E-state index is -0.548. The van der Waals surface area contributed by atoms with E-state index in [2.05, 4.69) is 4.98 Å². The number of ether oxygens (including phenoxy) is 2. The number of rotatable bonds is 5. The Labute approximate surface area is 171 Å². The third-order valence-corrected chi connectivity index (χ3v) is 4.58. The van der Waals surface area contributed by atoms with E-state index in [1.54, 1.807) is 30.3 Å². The van der Waals surface area contributed by atoms with Gasteiger partial charge in [-0.15, -0.1) is 0 Å². The average molecular weight is 410 g/mol. The maximum Gasteiger partial charge on any atom is 0.415 e. The van der Waals surface area contributed by atoms with E-state index in [1.807, 2.05) is 0 Å². The molecule has 8 nitrogen and oxygen atoms in total. The SMILES string of the molecule is O=C(Oc1ccc(N([O-])O)cc1)N1CC(Oc2ccc(-c3ccccc3F)cn2)C1. The van der Waals surface area contributed by atoms with Crippen LogP contribution in [0.25, 0.3) is 11.1 Å². The molecule has 0 bridgehead atoms. The zero-order valence-corrected chi connectivity index (χ0v) is 15.6. The van der Waals surface area contributed by atoms with E-state index < -0.39 is 6.09 Å². The number of amides is 1. The Kier molecular flexibility index (Phi) is 5.46. The van der Waals surface area contributed by atoms with Gasteiger partial charge in [0.15, 0.2) is 0 Å². The quantitative estimate of drug-likeness (QED) is 0.638. The summed E-state index contributed by atoms with van der Waals surface area (Å²) in [6.07, 6.45) is 0.765. The molecule has 1 N–H and O–H groups in total. The van der Waals surface area contributed by atoms with Crippen molar-refractivity contribution in [2.24, 2.45) is 0 Å². The minimum Gasteiger partial charge on any atom is -0.733 e. The molecule has 1 aliphatic heterocycles. The molecule has 9 heteroatoms. The molecule has 1 aromatic heterocycles. The van der Waals surface area contributed by atoms with Crippen molar-refractivity contribution < 1.29 is 23.9 Å². The maximum atomic E-state index is 13.8. The maximum absolute atomic E-state index is 13.8. The van der Waals surface area contributed by atoms with E-state index >= 15 is 0 Å². The molecule has 0 radical (unpaired) electrons. The summed E-state index contributed by atoms with van der Waals surface area (Å²) in [5, 5.41) is 19.3. The second-order valence-electron chi connectivity index (χ2n) is 6.64. The number of aromatic nitrogens is 1. The summed E-state index contributed by atoms with van der Waals surface area (Å²) < 4.78 is 24.8. The fraction of sp³-hybridized carbons (Fsp3) is 0.143. The molecule has 1 aliphatic rings. The third-order valence-electron chi connectivity index (χ3n) is 4.58. The van der Waals surface area contributed by atoms with Gasteiger partial charge in [0, 0.05) is 23.4 Å². The van der Waals surface area contributed by atoms with Gasteiger partial charge in [0.25, 0.3) is 0 Å². The molecule has 2 heterocycles. The Bertz CT molecular complexity index is 1020. The Balaban J connectivity index is 1.27. The number of anilines is 1. The molecule has 1 fully saturated rings. The van der Waals surface area contributed by atoms with Crippen molar-refractivity contribution in [1.29, 1.82) is 0 Å². The van der Waals surface area contributed by atoms with E-state index in [0.717, 1.165) is 0 Å². The molecule has 0 unspecified atom stereocenters. The van der Waals surface area contributed by atoms with Crippen molar-refractivity contribution in [3.05, 3.63) is 77.9 Å². The van der Waals surface area contributed by atoms with Crippen LogP contribution in [0.5, 0.6) is 11.6 Å². The zero-order valence-electron chi connectivity index (χ0n) is 15.6. The van der Waals surface area contributed by atoms with E-state index in [1.165, 1.54) is 41.4 Å². The van der Waals surface area contributed by atoms with Crippen molar-refractivity contribution in [3.8, 4) is 22.8 Å². The molecule has 1 saturated heterocycles. The number of pyridine rings is 1. The van der Waals surface area contributed by atoms with E-state index in [9.17, 15) is 14.4 Å². The fourth-order valence-corrected chi connectivity index (χ4v) is 2.94. The molecule has 0 atom stereocenters. The summed E-state index contributed by atoms with van der Waals surface area (Å²) in [5.74, 6) is 0.313. The van der Waals surface area contributed by atoms with Gasteiger partial charge < -0.3 is 24.8 Å². The van der Waals surface area contributed by atoms with Gasteiger partial charge in [-0.3, -0.25) is 5.21 Å². The molecular formula is C21H17FN3O5-. The predicted octanol–water partition coefficient (Wildman–Crippen LogP) is 3.84. The molecule has 3 aromatic rings. The lowest BCUT2D eigenvalue weighted by Gasteiger charge is -2.37. The van der Waals surface area contributed by atoms with Crippen LogP contribution in [0.4, 0.5) is 14.9 Å². The van der Waals surface area contributed by atoms with Crippen molar-refractivity contribution in [3.63, 3.8) is 0 Å². The van der Waals surface area contributed by atoms with E-state index in [0.29, 0.717) is 30.1 Å². The Morgan fingerprint density at radius 3 is 2.50 bits per heavy atom. The summed E-state index contributed by atoms with van der Waals surface area (Å²) in [6.45, 7) is 0.664. The fourth-order valence-electron chi connectivity index (χ4n) is 2.94. The highest BCUT2D eigenvalue weighted by atomic mass is 19.1. The predicted molar refractivity (Wildman–Crippen MR) is 106 cm³/mol. The van der Waals surface area contributed by atoms with Gasteiger partial charge in [-0.2, -0.15) is 0 Å². The molecule has 0 aliphatic carbocycles. The largest absolute Gasteiger partial charge is 0.733 e. The van der Waals surface area contributed by atoms with Crippen LogP contribution in [0.15, 0.2) is 66.9 Å². The summed E-state index contributed by atoms with van der Waals surface area (Å²) in [5.41, 5.74) is 1.14. The van der Waals surface area contributed by atoms with E-state index in [4.69, 9.17) is 14.7 Å². The highest BCUT2D eigenvalue weighted by Gasteiger charge is 2.34. The number of likely N-dealkylation sites (tertiary alicyclic amines) is 1. The first kappa shape index (κ1) is 19.6. The Morgan fingerprint density at radius 2 is 1.87 bits per heavy atom. The normalized spacial score (nSPS) is 13.5. The molecule has 2 aromatic carbocycles. The monoisotopic (exact) mass is 410 g/mol. The molecule has 4 rings (SSSR count). The van der Waals surface area contributed by atoms with Crippen molar-refractivity contribution in [2.45, 2.75) is 6.10 Å². The second kappa shape index (κ2) is 8.36. The minimum absolute atomic E-state index is 0.0285. The number of benzene rings is 2. The van der Waals surface area contributed by atoms with Gasteiger partial charge >= 0.3 is 6.09 Å². The summed E-state index contributed by atoms with van der Waals surface area (Å²) in [7, 11) is 0. The summed E-state index contributed by atoms with van der Waals surface area (Å²) in [6, 6.07) is 15.3. The first-order chi connectivity index (χ1) is 14.5. The number of carbonyl (C=O) groups excluding carboxylic acids is 1.